The lowest BCUT2D eigenvalue weighted by atomic mass is 9.90. The SMILES string of the molecule is CC(C)Oc1cccc(C(=O)[C@@H]2CCCN(C(=O)/C=C/c3cccs3)C2)c1. The number of likely N-dealkylation sites (tertiary alicyclic amines) is 1. The monoisotopic (exact) mass is 383 g/mol. The summed E-state index contributed by atoms with van der Waals surface area (Å²) in [6.07, 6.45) is 5.17. The zero-order chi connectivity index (χ0) is 19.2. The molecule has 1 amide bonds. The first-order chi connectivity index (χ1) is 13.0. The molecular formula is C22H25NO3S. The number of benzene rings is 1. The zero-order valence-electron chi connectivity index (χ0n) is 15.8. The van der Waals surface area contributed by atoms with Crippen LogP contribution in [0.4, 0.5) is 0 Å². The van der Waals surface area contributed by atoms with Crippen LogP contribution in [0.1, 0.15) is 41.9 Å². The van der Waals surface area contributed by atoms with Crippen molar-refractivity contribution < 1.29 is 14.3 Å². The molecule has 1 aliphatic heterocycles. The molecular weight excluding hydrogens is 358 g/mol. The predicted molar refractivity (Wildman–Crippen MR) is 109 cm³/mol. The maximum Gasteiger partial charge on any atom is 0.246 e. The van der Waals surface area contributed by atoms with Crippen LogP contribution in [-0.4, -0.2) is 35.8 Å². The van der Waals surface area contributed by atoms with E-state index in [-0.39, 0.29) is 23.7 Å². The molecule has 0 radical (unpaired) electrons. The second-order valence-corrected chi connectivity index (χ2v) is 8.01. The molecule has 2 heterocycles. The standard InChI is InChI=1S/C22H25NO3S/c1-16(2)26-19-8-3-6-17(14-19)22(25)18-7-4-12-23(15-18)21(24)11-10-20-9-5-13-27-20/h3,5-6,8-11,13-14,16,18H,4,7,12,15H2,1-2H3/b11-10+/t18-/m1/s1. The molecule has 0 unspecified atom stereocenters. The molecule has 0 N–H and O–H groups in total. The van der Waals surface area contributed by atoms with E-state index in [1.54, 1.807) is 28.4 Å². The van der Waals surface area contributed by atoms with E-state index in [0.29, 0.717) is 24.4 Å². The number of amides is 1. The summed E-state index contributed by atoms with van der Waals surface area (Å²) >= 11 is 1.60. The van der Waals surface area contributed by atoms with Gasteiger partial charge in [-0.1, -0.05) is 18.2 Å². The van der Waals surface area contributed by atoms with Crippen LogP contribution in [0.3, 0.4) is 0 Å². The Kier molecular flexibility index (Phi) is 6.45. The molecule has 1 aromatic heterocycles. The molecule has 1 atom stereocenters. The van der Waals surface area contributed by atoms with Crippen molar-refractivity contribution in [2.75, 3.05) is 13.1 Å². The van der Waals surface area contributed by atoms with Crippen LogP contribution in [0.15, 0.2) is 47.9 Å². The first-order valence-electron chi connectivity index (χ1n) is 9.34. The van der Waals surface area contributed by atoms with Crippen LogP contribution < -0.4 is 4.74 Å². The molecule has 1 aromatic carbocycles. The summed E-state index contributed by atoms with van der Waals surface area (Å²) in [6.45, 7) is 5.10. The van der Waals surface area contributed by atoms with Crippen LogP contribution in [-0.2, 0) is 4.79 Å². The quantitative estimate of drug-likeness (QED) is 0.538. The number of thiophene rings is 1. The zero-order valence-corrected chi connectivity index (χ0v) is 16.6. The van der Waals surface area contributed by atoms with Gasteiger partial charge in [0.2, 0.25) is 5.91 Å². The van der Waals surface area contributed by atoms with E-state index >= 15 is 0 Å². The lowest BCUT2D eigenvalue weighted by Gasteiger charge is -2.31. The highest BCUT2D eigenvalue weighted by atomic mass is 32.1. The molecule has 3 rings (SSSR count). The van der Waals surface area contributed by atoms with Gasteiger partial charge in [0.25, 0.3) is 0 Å². The van der Waals surface area contributed by atoms with Gasteiger partial charge in [-0.2, -0.15) is 0 Å². The summed E-state index contributed by atoms with van der Waals surface area (Å²) in [5.74, 6) is 0.604. The Morgan fingerprint density at radius 3 is 2.85 bits per heavy atom. The van der Waals surface area contributed by atoms with Crippen molar-refractivity contribution in [2.24, 2.45) is 5.92 Å². The Labute approximate surface area is 164 Å². The number of carbonyl (C=O) groups excluding carboxylic acids is 2. The second kappa shape index (κ2) is 9.00. The van der Waals surface area contributed by atoms with Gasteiger partial charge in [0.05, 0.1) is 6.10 Å². The molecule has 0 aliphatic carbocycles. The topological polar surface area (TPSA) is 46.6 Å². The third kappa shape index (κ3) is 5.30. The predicted octanol–water partition coefficient (Wildman–Crippen LogP) is 4.67. The Morgan fingerprint density at radius 2 is 2.11 bits per heavy atom. The van der Waals surface area contributed by atoms with Crippen molar-refractivity contribution in [2.45, 2.75) is 32.8 Å². The molecule has 4 nitrogen and oxygen atoms in total. The molecule has 2 aromatic rings. The highest BCUT2D eigenvalue weighted by molar-refractivity contribution is 7.10. The number of hydrogen-bond acceptors (Lipinski definition) is 4. The maximum absolute atomic E-state index is 12.9. The molecule has 0 spiro atoms. The van der Waals surface area contributed by atoms with Gasteiger partial charge in [-0.3, -0.25) is 9.59 Å². The molecule has 5 heteroatoms. The number of nitrogens with zero attached hydrogens (tertiary/aromatic N) is 1. The third-order valence-electron chi connectivity index (χ3n) is 4.53. The Morgan fingerprint density at radius 1 is 1.26 bits per heavy atom. The molecule has 1 aliphatic rings. The number of Topliss-reactive ketones (excluding diaryl/α,β-unsaturated/α-hetero) is 1. The normalized spacial score (nSPS) is 17.4. The highest BCUT2D eigenvalue weighted by Gasteiger charge is 2.28. The van der Waals surface area contributed by atoms with Crippen molar-refractivity contribution >= 4 is 29.1 Å². The minimum atomic E-state index is -0.160. The average molecular weight is 384 g/mol. The number of piperidine rings is 1. The van der Waals surface area contributed by atoms with Gasteiger partial charge in [0.15, 0.2) is 5.78 Å². The van der Waals surface area contributed by atoms with E-state index in [9.17, 15) is 9.59 Å². The molecule has 0 bridgehead atoms. The van der Waals surface area contributed by atoms with Crippen molar-refractivity contribution in [3.8, 4) is 5.75 Å². The first-order valence-corrected chi connectivity index (χ1v) is 10.2. The van der Waals surface area contributed by atoms with E-state index in [2.05, 4.69) is 0 Å². The van der Waals surface area contributed by atoms with E-state index in [4.69, 9.17) is 4.74 Å². The van der Waals surface area contributed by atoms with Gasteiger partial charge in [-0.05, 0) is 56.3 Å². The summed E-state index contributed by atoms with van der Waals surface area (Å²) in [5, 5.41) is 1.98. The van der Waals surface area contributed by atoms with Crippen LogP contribution in [0.2, 0.25) is 0 Å². The van der Waals surface area contributed by atoms with E-state index in [1.807, 2.05) is 55.6 Å². The average Bonchev–Trinajstić information content (AvgIpc) is 3.19. The summed E-state index contributed by atoms with van der Waals surface area (Å²) < 4.78 is 5.69. The van der Waals surface area contributed by atoms with Gasteiger partial charge in [0.1, 0.15) is 5.75 Å². The summed E-state index contributed by atoms with van der Waals surface area (Å²) in [7, 11) is 0. The Hall–Kier alpha value is -2.40. The minimum absolute atomic E-state index is 0.0298. The maximum atomic E-state index is 12.9. The smallest absolute Gasteiger partial charge is 0.246 e. The largest absolute Gasteiger partial charge is 0.491 e. The number of carbonyl (C=O) groups is 2. The summed E-state index contributed by atoms with van der Waals surface area (Å²) in [6, 6.07) is 11.3. The second-order valence-electron chi connectivity index (χ2n) is 7.03. The Balaban J connectivity index is 1.65. The van der Waals surface area contributed by atoms with Crippen LogP contribution in [0, 0.1) is 5.92 Å². The van der Waals surface area contributed by atoms with Gasteiger partial charge in [-0.15, -0.1) is 11.3 Å². The van der Waals surface area contributed by atoms with Crippen molar-refractivity contribution in [1.29, 1.82) is 0 Å². The number of ether oxygens (including phenoxy) is 1. The number of rotatable bonds is 6. The van der Waals surface area contributed by atoms with Crippen LogP contribution in [0.5, 0.6) is 5.75 Å². The molecule has 0 saturated carbocycles. The van der Waals surface area contributed by atoms with Crippen LogP contribution >= 0.6 is 11.3 Å². The number of hydrogen-bond donors (Lipinski definition) is 0. The molecule has 1 saturated heterocycles. The number of ketones is 1. The van der Waals surface area contributed by atoms with Gasteiger partial charge >= 0.3 is 0 Å². The van der Waals surface area contributed by atoms with E-state index in [0.717, 1.165) is 17.7 Å². The van der Waals surface area contributed by atoms with Gasteiger partial charge in [0, 0.05) is 35.5 Å². The fourth-order valence-corrected chi connectivity index (χ4v) is 3.88. The summed E-state index contributed by atoms with van der Waals surface area (Å²) in [5.41, 5.74) is 0.654. The lowest BCUT2D eigenvalue weighted by Crippen LogP contribution is -2.41. The third-order valence-corrected chi connectivity index (χ3v) is 5.37. The van der Waals surface area contributed by atoms with Crippen molar-refractivity contribution in [1.82, 2.24) is 4.90 Å². The lowest BCUT2D eigenvalue weighted by molar-refractivity contribution is -0.127. The van der Waals surface area contributed by atoms with Crippen molar-refractivity contribution in [3.63, 3.8) is 0 Å². The molecule has 142 valence electrons. The fraction of sp³-hybridized carbons (Fsp3) is 0.364. The first kappa shape index (κ1) is 19.4. The molecule has 1 fully saturated rings. The van der Waals surface area contributed by atoms with Gasteiger partial charge in [-0.25, -0.2) is 0 Å². The Bertz CT molecular complexity index is 811. The van der Waals surface area contributed by atoms with Gasteiger partial charge < -0.3 is 9.64 Å². The van der Waals surface area contributed by atoms with E-state index in [1.165, 1.54) is 0 Å². The van der Waals surface area contributed by atoms with Crippen LogP contribution in [0.25, 0.3) is 6.08 Å². The summed E-state index contributed by atoms with van der Waals surface area (Å²) in [4.78, 5) is 28.3. The molecule has 27 heavy (non-hydrogen) atoms. The fourth-order valence-electron chi connectivity index (χ4n) is 3.27. The van der Waals surface area contributed by atoms with Crippen molar-refractivity contribution in [3.05, 3.63) is 58.3 Å². The minimum Gasteiger partial charge on any atom is -0.491 e. The van der Waals surface area contributed by atoms with E-state index < -0.39 is 0 Å². The highest BCUT2D eigenvalue weighted by Crippen LogP contribution is 2.24.